The average molecular weight is 907 g/mol. The van der Waals surface area contributed by atoms with Crippen LogP contribution in [-0.2, 0) is 45.6 Å². The van der Waals surface area contributed by atoms with E-state index in [0.29, 0.717) is 37.2 Å². The number of hydrogen-bond acceptors (Lipinski definition) is 9. The third kappa shape index (κ3) is 8.32. The fraction of sp³-hybridized carbons (Fsp3) is 0.211. The molecular weight excluding hydrogens is 856 g/mol. The molecule has 0 aromatic heterocycles. The van der Waals surface area contributed by atoms with Crippen LogP contribution in [0.2, 0.25) is 0 Å². The molecule has 0 radical (unpaired) electrons. The van der Waals surface area contributed by atoms with Crippen molar-refractivity contribution in [2.45, 2.75) is 61.5 Å². The molecule has 9 nitrogen and oxygen atoms in total. The Balaban J connectivity index is 0.985. The topological polar surface area (TPSA) is 89.0 Å². The zero-order valence-corrected chi connectivity index (χ0v) is 38.2. The highest BCUT2D eigenvalue weighted by molar-refractivity contribution is 7.42. The largest absolute Gasteiger partial charge is 0.476 e. The molecule has 0 spiro atoms. The Morgan fingerprint density at radius 2 is 1.00 bits per heavy atom. The van der Waals surface area contributed by atoms with Crippen molar-refractivity contribution in [1.82, 2.24) is 5.32 Å². The third-order valence-electron chi connectivity index (χ3n) is 12.9. The van der Waals surface area contributed by atoms with Gasteiger partial charge in [0, 0.05) is 6.42 Å². The van der Waals surface area contributed by atoms with Gasteiger partial charge in [0.25, 0.3) is 0 Å². The van der Waals surface area contributed by atoms with Gasteiger partial charge >= 0.3 is 8.60 Å². The van der Waals surface area contributed by atoms with Crippen molar-refractivity contribution < 1.29 is 32.5 Å². The second kappa shape index (κ2) is 18.2. The van der Waals surface area contributed by atoms with Gasteiger partial charge in [-0.1, -0.05) is 194 Å². The van der Waals surface area contributed by atoms with E-state index in [1.54, 1.807) is 0 Å². The average Bonchev–Trinajstić information content (AvgIpc) is 4.15. The molecule has 3 fully saturated rings. The van der Waals surface area contributed by atoms with Crippen molar-refractivity contribution >= 4 is 14.5 Å². The van der Waals surface area contributed by atoms with E-state index >= 15 is 0 Å². The Kier molecular flexibility index (Phi) is 11.7. The first-order chi connectivity index (χ1) is 32.9. The minimum Gasteiger partial charge on any atom is -0.476 e. The van der Waals surface area contributed by atoms with Gasteiger partial charge in [0.05, 0.1) is 11.6 Å². The van der Waals surface area contributed by atoms with E-state index in [-0.39, 0.29) is 12.1 Å². The molecule has 4 atom stereocenters. The summed E-state index contributed by atoms with van der Waals surface area (Å²) in [4.78, 5) is 5.10. The summed E-state index contributed by atoms with van der Waals surface area (Å²) in [6, 6.07) is 69.4. The molecule has 3 saturated heterocycles. The maximum absolute atomic E-state index is 7.55. The Bertz CT molecular complexity index is 2650. The predicted octanol–water partition coefficient (Wildman–Crippen LogP) is 12.0. The zero-order valence-electron chi connectivity index (χ0n) is 37.3. The summed E-state index contributed by atoms with van der Waals surface area (Å²) in [7, 11) is -2.23. The fourth-order valence-corrected chi connectivity index (χ4v) is 11.2. The van der Waals surface area contributed by atoms with E-state index in [1.807, 2.05) is 135 Å². The second-order valence-corrected chi connectivity index (χ2v) is 18.6. The highest BCUT2D eigenvalue weighted by Crippen LogP contribution is 2.64. The molecule has 4 aliphatic rings. The lowest BCUT2D eigenvalue weighted by atomic mass is 9.72. The van der Waals surface area contributed by atoms with E-state index in [4.69, 9.17) is 37.5 Å². The second-order valence-electron chi connectivity index (χ2n) is 17.6. The summed E-state index contributed by atoms with van der Waals surface area (Å²) in [6.45, 7) is 4.85. The summed E-state index contributed by atoms with van der Waals surface area (Å²) >= 11 is 0. The number of benzene rings is 7. The van der Waals surface area contributed by atoms with E-state index in [0.717, 1.165) is 44.5 Å². The third-order valence-corrected chi connectivity index (χ3v) is 14.1. The molecule has 336 valence electrons. The van der Waals surface area contributed by atoms with E-state index < -0.39 is 37.8 Å². The van der Waals surface area contributed by atoms with E-state index in [1.165, 1.54) is 0 Å². The van der Waals surface area contributed by atoms with Crippen molar-refractivity contribution in [1.29, 1.82) is 0 Å². The highest BCUT2D eigenvalue weighted by atomic mass is 31.2. The van der Waals surface area contributed by atoms with Crippen LogP contribution in [0.5, 0.6) is 5.75 Å². The van der Waals surface area contributed by atoms with Crippen molar-refractivity contribution in [3.05, 3.63) is 257 Å². The van der Waals surface area contributed by atoms with Crippen LogP contribution >= 0.6 is 8.60 Å². The van der Waals surface area contributed by atoms with Crippen molar-refractivity contribution in [2.75, 3.05) is 13.2 Å². The van der Waals surface area contributed by atoms with Crippen LogP contribution < -0.4 is 9.84 Å². The van der Waals surface area contributed by atoms with E-state index in [9.17, 15) is 0 Å². The molecule has 0 unspecified atom stereocenters. The first-order valence-electron chi connectivity index (χ1n) is 22.8. The fourth-order valence-electron chi connectivity index (χ4n) is 9.74. The minimum absolute atomic E-state index is 0.00465. The Morgan fingerprint density at radius 3 is 1.48 bits per heavy atom. The normalized spacial score (nSPS) is 23.4. The van der Waals surface area contributed by atoms with Gasteiger partial charge in [-0.3, -0.25) is 9.05 Å². The molecule has 67 heavy (non-hydrogen) atoms. The van der Waals surface area contributed by atoms with Crippen molar-refractivity contribution in [3.63, 3.8) is 0 Å². The van der Waals surface area contributed by atoms with Gasteiger partial charge in [-0.15, -0.1) is 0 Å². The van der Waals surface area contributed by atoms with Crippen LogP contribution in [0.1, 0.15) is 64.9 Å². The molecule has 0 amide bonds. The van der Waals surface area contributed by atoms with Crippen LogP contribution in [0.25, 0.3) is 0 Å². The minimum atomic E-state index is -2.23. The van der Waals surface area contributed by atoms with Gasteiger partial charge in [-0.25, -0.2) is 4.99 Å². The lowest BCUT2D eigenvalue weighted by Crippen LogP contribution is -2.53. The van der Waals surface area contributed by atoms with Gasteiger partial charge in [0.2, 0.25) is 5.90 Å². The molecule has 7 aromatic rings. The predicted molar refractivity (Wildman–Crippen MR) is 259 cm³/mol. The number of fused-ring (bicyclic) bond motifs is 1. The van der Waals surface area contributed by atoms with Crippen LogP contribution in [0, 0.1) is 0 Å². The molecule has 0 bridgehead atoms. The summed E-state index contributed by atoms with van der Waals surface area (Å²) in [6.07, 6.45) is -0.934. The SMILES string of the molecule is CC1(C)O[C@@H]2[C@@H](O1)C(c1ccccc1)(c1ccccc1)OP(Oc1ccc(C/C(C3=N[C@@H](c4ccccc4)CO3)=C3/N[C@@H](c4ccccc4)CO3)cc1)OC2(c1ccccc1)c1ccccc1. The van der Waals surface area contributed by atoms with Crippen molar-refractivity contribution in [2.24, 2.45) is 4.99 Å². The molecule has 0 aliphatic carbocycles. The smallest absolute Gasteiger partial charge is 0.399 e. The molecule has 7 aromatic carbocycles. The Labute approximate surface area is 393 Å². The zero-order chi connectivity index (χ0) is 45.3. The monoisotopic (exact) mass is 906 g/mol. The van der Waals surface area contributed by atoms with Crippen LogP contribution in [0.15, 0.2) is 223 Å². The summed E-state index contributed by atoms with van der Waals surface area (Å²) in [5.74, 6) is 0.806. The number of rotatable bonds is 11. The lowest BCUT2D eigenvalue weighted by Gasteiger charge is -2.41. The van der Waals surface area contributed by atoms with Gasteiger partial charge in [0.15, 0.2) is 22.9 Å². The number of aliphatic imine (C=N–C) groups is 1. The molecular formula is C57H51N2O7P. The van der Waals surface area contributed by atoms with Gasteiger partial charge < -0.3 is 28.8 Å². The molecule has 4 aliphatic heterocycles. The maximum atomic E-state index is 7.55. The Hall–Kier alpha value is -6.58. The van der Waals surface area contributed by atoms with Crippen molar-refractivity contribution in [3.8, 4) is 5.75 Å². The lowest BCUT2D eigenvalue weighted by molar-refractivity contribution is -0.175. The first kappa shape index (κ1) is 43.0. The maximum Gasteiger partial charge on any atom is 0.399 e. The molecule has 10 heteroatoms. The molecule has 0 saturated carbocycles. The summed E-state index contributed by atoms with van der Waals surface area (Å²) < 4.78 is 49.2. The van der Waals surface area contributed by atoms with E-state index in [2.05, 4.69) is 90.2 Å². The number of hydrogen-bond donors (Lipinski definition) is 1. The Morgan fingerprint density at radius 1 is 0.552 bits per heavy atom. The summed E-state index contributed by atoms with van der Waals surface area (Å²) in [5.41, 5.74) is 5.16. The summed E-state index contributed by atoms with van der Waals surface area (Å²) in [5, 5.41) is 3.64. The first-order valence-corrected chi connectivity index (χ1v) is 23.9. The van der Waals surface area contributed by atoms with Crippen LogP contribution in [-0.4, -0.2) is 37.1 Å². The van der Waals surface area contributed by atoms with Gasteiger partial charge in [-0.05, 0) is 64.9 Å². The quantitative estimate of drug-likeness (QED) is 0.128. The molecule has 4 heterocycles. The van der Waals surface area contributed by atoms with Gasteiger partial charge in [0.1, 0.15) is 37.2 Å². The molecule has 1 N–H and O–H groups in total. The van der Waals surface area contributed by atoms with Crippen LogP contribution in [0.4, 0.5) is 0 Å². The molecule has 11 rings (SSSR count). The standard InChI is InChI=1S/C57H51N2O7P/c1-55(2)62-51-52(63-55)57(45-29-17-7-18-30-45,46-31-19-8-20-32-46)66-67(65-56(51,43-25-13-5-14-26-43)44-27-15-6-16-28-44)64-47-35-33-40(34-36-47)37-48(53-58-49(38-60-53)41-21-9-3-10-22-41)54-59-50(39-61-54)42-23-11-4-12-24-42/h3-36,49-52,58H,37-39H2,1-2H3/b53-48+/t49-,50-,51-,52-/m1/s1. The number of ether oxygens (including phenoxy) is 4. The van der Waals surface area contributed by atoms with Gasteiger partial charge in [-0.2, -0.15) is 0 Å². The van der Waals surface area contributed by atoms with Crippen LogP contribution in [0.3, 0.4) is 0 Å². The highest BCUT2D eigenvalue weighted by Gasteiger charge is 2.67. The number of nitrogens with zero attached hydrogens (tertiary/aromatic N) is 1. The number of nitrogens with one attached hydrogen (secondary N) is 1.